The van der Waals surface area contributed by atoms with Crippen LogP contribution in [-0.2, 0) is 0 Å². The van der Waals surface area contributed by atoms with Crippen LogP contribution in [0.2, 0.25) is 5.02 Å². The van der Waals surface area contributed by atoms with Crippen molar-refractivity contribution in [2.24, 2.45) is 0 Å². The molecule has 0 radical (unpaired) electrons. The van der Waals surface area contributed by atoms with Crippen LogP contribution in [0.3, 0.4) is 0 Å². The second kappa shape index (κ2) is 6.73. The van der Waals surface area contributed by atoms with Crippen LogP contribution in [-0.4, -0.2) is 12.5 Å². The summed E-state index contributed by atoms with van der Waals surface area (Å²) in [6.45, 7) is 0.205. The van der Waals surface area contributed by atoms with Crippen molar-refractivity contribution in [2.45, 2.75) is 5.38 Å². The van der Waals surface area contributed by atoms with Gasteiger partial charge in [-0.3, -0.25) is 4.79 Å². The average molecular weight is 312 g/mol. The van der Waals surface area contributed by atoms with Gasteiger partial charge in [-0.2, -0.15) is 0 Å². The average Bonchev–Trinajstić information content (AvgIpc) is 2.47. The number of amides is 1. The minimum Gasteiger partial charge on any atom is -0.350 e. The Labute approximate surface area is 126 Å². The van der Waals surface area contributed by atoms with E-state index in [-0.39, 0.29) is 17.5 Å². The number of rotatable bonds is 4. The van der Waals surface area contributed by atoms with Crippen LogP contribution in [0.5, 0.6) is 0 Å². The largest absolute Gasteiger partial charge is 0.350 e. The molecule has 0 fully saturated rings. The van der Waals surface area contributed by atoms with Crippen molar-refractivity contribution >= 4 is 29.1 Å². The highest BCUT2D eigenvalue weighted by Gasteiger charge is 2.14. The molecule has 0 aliphatic rings. The van der Waals surface area contributed by atoms with Gasteiger partial charge in [0.1, 0.15) is 5.82 Å². The molecule has 20 heavy (non-hydrogen) atoms. The molecule has 0 bridgehead atoms. The molecule has 0 aliphatic heterocycles. The summed E-state index contributed by atoms with van der Waals surface area (Å²) < 4.78 is 13.5. The van der Waals surface area contributed by atoms with Gasteiger partial charge in [0.25, 0.3) is 5.91 Å². The van der Waals surface area contributed by atoms with Crippen molar-refractivity contribution in [3.63, 3.8) is 0 Å². The van der Waals surface area contributed by atoms with Crippen LogP contribution >= 0.6 is 23.2 Å². The maximum Gasteiger partial charge on any atom is 0.254 e. The lowest BCUT2D eigenvalue weighted by atomic mass is 10.1. The van der Waals surface area contributed by atoms with Gasteiger partial charge in [-0.25, -0.2) is 4.39 Å². The Morgan fingerprint density at radius 1 is 1.20 bits per heavy atom. The van der Waals surface area contributed by atoms with E-state index in [1.807, 2.05) is 30.3 Å². The lowest BCUT2D eigenvalue weighted by Gasteiger charge is -2.11. The molecule has 104 valence electrons. The summed E-state index contributed by atoms with van der Waals surface area (Å²) in [5.74, 6) is -1.15. The van der Waals surface area contributed by atoms with Crippen molar-refractivity contribution < 1.29 is 9.18 Å². The molecular formula is C15H12Cl2FNO. The van der Waals surface area contributed by atoms with Crippen LogP contribution in [0.4, 0.5) is 4.39 Å². The second-order valence-corrected chi connectivity index (χ2v) is 5.18. The molecule has 2 nitrogen and oxygen atoms in total. The maximum atomic E-state index is 13.5. The fourth-order valence-corrected chi connectivity index (χ4v) is 2.12. The maximum absolute atomic E-state index is 13.5. The van der Waals surface area contributed by atoms with Crippen LogP contribution in [0.1, 0.15) is 21.3 Å². The number of hydrogen-bond donors (Lipinski definition) is 1. The van der Waals surface area contributed by atoms with E-state index in [0.29, 0.717) is 5.02 Å². The fraction of sp³-hybridized carbons (Fsp3) is 0.133. The third-order valence-corrected chi connectivity index (χ3v) is 3.42. The molecule has 2 rings (SSSR count). The minimum atomic E-state index is -0.613. The third-order valence-electron chi connectivity index (χ3n) is 2.78. The zero-order chi connectivity index (χ0) is 14.5. The molecule has 5 heteroatoms. The molecule has 0 saturated heterocycles. The van der Waals surface area contributed by atoms with E-state index in [4.69, 9.17) is 23.2 Å². The first-order valence-electron chi connectivity index (χ1n) is 6.00. The Bertz CT molecular complexity index is 604. The van der Waals surface area contributed by atoms with Gasteiger partial charge in [-0.15, -0.1) is 11.6 Å². The standard InChI is InChI=1S/C15H12Cl2FNO/c16-11-6-7-14(18)12(8-11)15(20)19-9-13(17)10-4-2-1-3-5-10/h1-8,13H,9H2,(H,19,20). The Morgan fingerprint density at radius 3 is 2.60 bits per heavy atom. The third kappa shape index (κ3) is 3.71. The summed E-state index contributed by atoms with van der Waals surface area (Å²) in [5.41, 5.74) is 0.801. The predicted octanol–water partition coefficient (Wildman–Crippen LogP) is 4.19. The van der Waals surface area contributed by atoms with Gasteiger partial charge < -0.3 is 5.32 Å². The van der Waals surface area contributed by atoms with Crippen LogP contribution in [0, 0.1) is 5.82 Å². The van der Waals surface area contributed by atoms with Gasteiger partial charge in [0, 0.05) is 11.6 Å². The highest BCUT2D eigenvalue weighted by molar-refractivity contribution is 6.31. The van der Waals surface area contributed by atoms with Gasteiger partial charge in [0.05, 0.1) is 10.9 Å². The molecule has 0 spiro atoms. The van der Waals surface area contributed by atoms with Crippen molar-refractivity contribution in [2.75, 3.05) is 6.54 Å². The van der Waals surface area contributed by atoms with E-state index in [1.165, 1.54) is 12.1 Å². The topological polar surface area (TPSA) is 29.1 Å². The van der Waals surface area contributed by atoms with E-state index < -0.39 is 11.7 Å². The SMILES string of the molecule is O=C(NCC(Cl)c1ccccc1)c1cc(Cl)ccc1F. The van der Waals surface area contributed by atoms with E-state index >= 15 is 0 Å². The molecule has 2 aromatic rings. The van der Waals surface area contributed by atoms with Crippen LogP contribution < -0.4 is 5.32 Å². The van der Waals surface area contributed by atoms with Crippen LogP contribution in [0.15, 0.2) is 48.5 Å². The Kier molecular flexibility index (Phi) is 4.99. The molecule has 0 saturated carbocycles. The molecule has 0 aliphatic carbocycles. The summed E-state index contributed by atoms with van der Waals surface area (Å²) in [4.78, 5) is 11.9. The smallest absolute Gasteiger partial charge is 0.254 e. The summed E-state index contributed by atoms with van der Waals surface area (Å²) >= 11 is 11.9. The Balaban J connectivity index is 2.00. The molecule has 1 N–H and O–H groups in total. The highest BCUT2D eigenvalue weighted by Crippen LogP contribution is 2.19. The number of carbonyl (C=O) groups excluding carboxylic acids is 1. The van der Waals surface area contributed by atoms with Crippen molar-refractivity contribution in [1.29, 1.82) is 0 Å². The van der Waals surface area contributed by atoms with E-state index in [0.717, 1.165) is 11.6 Å². The quantitative estimate of drug-likeness (QED) is 0.843. The first kappa shape index (κ1) is 14.8. The number of halogens is 3. The van der Waals surface area contributed by atoms with E-state index in [2.05, 4.69) is 5.32 Å². The van der Waals surface area contributed by atoms with Gasteiger partial charge >= 0.3 is 0 Å². The molecule has 1 unspecified atom stereocenters. The minimum absolute atomic E-state index is 0.0885. The molecule has 0 heterocycles. The number of nitrogens with one attached hydrogen (secondary N) is 1. The Hall–Kier alpha value is -1.58. The normalized spacial score (nSPS) is 11.9. The van der Waals surface area contributed by atoms with Gasteiger partial charge in [0.15, 0.2) is 0 Å². The van der Waals surface area contributed by atoms with Crippen molar-refractivity contribution in [3.8, 4) is 0 Å². The van der Waals surface area contributed by atoms with Gasteiger partial charge in [0.2, 0.25) is 0 Å². The number of benzene rings is 2. The second-order valence-electron chi connectivity index (χ2n) is 4.21. The molecular weight excluding hydrogens is 300 g/mol. The van der Waals surface area contributed by atoms with Crippen LogP contribution in [0.25, 0.3) is 0 Å². The monoisotopic (exact) mass is 311 g/mol. The number of hydrogen-bond acceptors (Lipinski definition) is 1. The molecule has 2 aromatic carbocycles. The lowest BCUT2D eigenvalue weighted by Crippen LogP contribution is -2.27. The lowest BCUT2D eigenvalue weighted by molar-refractivity contribution is 0.0949. The number of alkyl halides is 1. The fourth-order valence-electron chi connectivity index (χ4n) is 1.73. The zero-order valence-corrected chi connectivity index (χ0v) is 12.0. The predicted molar refractivity (Wildman–Crippen MR) is 78.8 cm³/mol. The van der Waals surface area contributed by atoms with Gasteiger partial charge in [-0.05, 0) is 23.8 Å². The first-order valence-corrected chi connectivity index (χ1v) is 6.81. The zero-order valence-electron chi connectivity index (χ0n) is 10.4. The van der Waals surface area contributed by atoms with Gasteiger partial charge in [-0.1, -0.05) is 41.9 Å². The summed E-state index contributed by atoms with van der Waals surface area (Å²) in [5, 5.41) is 2.53. The molecule has 0 aromatic heterocycles. The summed E-state index contributed by atoms with van der Waals surface area (Å²) in [6.07, 6.45) is 0. The van der Waals surface area contributed by atoms with Crippen molar-refractivity contribution in [3.05, 3.63) is 70.5 Å². The van der Waals surface area contributed by atoms with E-state index in [9.17, 15) is 9.18 Å². The first-order chi connectivity index (χ1) is 9.58. The highest BCUT2D eigenvalue weighted by atomic mass is 35.5. The van der Waals surface area contributed by atoms with E-state index in [1.54, 1.807) is 0 Å². The summed E-state index contributed by atoms with van der Waals surface area (Å²) in [6, 6.07) is 13.2. The molecule has 1 amide bonds. The molecule has 1 atom stereocenters. The number of carbonyl (C=O) groups is 1. The summed E-state index contributed by atoms with van der Waals surface area (Å²) in [7, 11) is 0. The van der Waals surface area contributed by atoms with Crippen molar-refractivity contribution in [1.82, 2.24) is 5.32 Å². The Morgan fingerprint density at radius 2 is 1.90 bits per heavy atom.